The molecular weight excluding hydrogens is 366 g/mol. The molecular formula is C24H35NO4. The van der Waals surface area contributed by atoms with E-state index in [1.807, 2.05) is 43.3 Å². The van der Waals surface area contributed by atoms with Gasteiger partial charge in [0.25, 0.3) is 5.91 Å². The summed E-state index contributed by atoms with van der Waals surface area (Å²) in [5.74, 6) is 1.19. The van der Waals surface area contributed by atoms with Gasteiger partial charge in [0.2, 0.25) is 6.29 Å². The summed E-state index contributed by atoms with van der Waals surface area (Å²) in [7, 11) is 0. The Hall–Kier alpha value is -1.85. The third kappa shape index (κ3) is 6.06. The molecule has 5 nitrogen and oxygen atoms in total. The largest absolute Gasteiger partial charge is 0.459 e. The van der Waals surface area contributed by atoms with Crippen molar-refractivity contribution in [3.63, 3.8) is 0 Å². The molecule has 1 heterocycles. The Kier molecular flexibility index (Phi) is 8.56. The zero-order chi connectivity index (χ0) is 20.5. The highest BCUT2D eigenvalue weighted by Crippen LogP contribution is 2.42. The first kappa shape index (κ1) is 21.8. The number of aliphatic hydroxyl groups is 1. The summed E-state index contributed by atoms with van der Waals surface area (Å²) < 4.78 is 12.0. The second-order valence-corrected chi connectivity index (χ2v) is 8.15. The third-order valence-corrected chi connectivity index (χ3v) is 6.17. The highest BCUT2D eigenvalue weighted by molar-refractivity contribution is 5.91. The lowest BCUT2D eigenvalue weighted by Crippen LogP contribution is -2.42. The van der Waals surface area contributed by atoms with Gasteiger partial charge in [0, 0.05) is 25.7 Å². The van der Waals surface area contributed by atoms with Gasteiger partial charge in [-0.25, -0.2) is 0 Å². The molecule has 0 unspecified atom stereocenters. The Bertz CT molecular complexity index is 654. The zero-order valence-corrected chi connectivity index (χ0v) is 17.5. The van der Waals surface area contributed by atoms with Crippen LogP contribution in [-0.4, -0.2) is 30.5 Å². The van der Waals surface area contributed by atoms with Gasteiger partial charge in [-0.1, -0.05) is 49.6 Å². The number of ether oxygens (including phenoxy) is 2. The maximum absolute atomic E-state index is 12.9. The SMILES string of the molecule is CCO[C@H]1OC(C(=O)NCc2ccccc2)=C[C@@H](C2CCCCC2)[C@H]1CCCO. The summed E-state index contributed by atoms with van der Waals surface area (Å²) in [5, 5.41) is 12.4. The lowest BCUT2D eigenvalue weighted by Gasteiger charge is -2.41. The minimum atomic E-state index is -0.430. The number of nitrogens with one attached hydrogen (secondary N) is 1. The predicted molar refractivity (Wildman–Crippen MR) is 113 cm³/mol. The van der Waals surface area contributed by atoms with Crippen LogP contribution in [0, 0.1) is 17.8 Å². The Morgan fingerprint density at radius 2 is 1.97 bits per heavy atom. The first-order chi connectivity index (χ1) is 14.2. The number of allylic oxidation sites excluding steroid dienone is 1. The number of hydrogen-bond acceptors (Lipinski definition) is 4. The van der Waals surface area contributed by atoms with Crippen molar-refractivity contribution in [2.24, 2.45) is 17.8 Å². The van der Waals surface area contributed by atoms with Crippen molar-refractivity contribution in [1.29, 1.82) is 0 Å². The zero-order valence-electron chi connectivity index (χ0n) is 17.5. The summed E-state index contributed by atoms with van der Waals surface area (Å²) in [4.78, 5) is 12.9. The molecule has 1 aliphatic carbocycles. The summed E-state index contributed by atoms with van der Waals surface area (Å²) in [5.41, 5.74) is 1.06. The summed E-state index contributed by atoms with van der Waals surface area (Å²) in [6.45, 7) is 3.13. The van der Waals surface area contributed by atoms with Crippen LogP contribution >= 0.6 is 0 Å². The van der Waals surface area contributed by atoms with Gasteiger partial charge in [-0.2, -0.15) is 0 Å². The van der Waals surface area contributed by atoms with Crippen molar-refractivity contribution in [1.82, 2.24) is 5.32 Å². The van der Waals surface area contributed by atoms with Crippen LogP contribution in [0.4, 0.5) is 0 Å². The first-order valence-electron chi connectivity index (χ1n) is 11.2. The Balaban J connectivity index is 1.76. The van der Waals surface area contributed by atoms with Gasteiger partial charge in [0.05, 0.1) is 0 Å². The van der Waals surface area contributed by atoms with Crippen LogP contribution in [-0.2, 0) is 20.8 Å². The molecule has 2 aliphatic rings. The second-order valence-electron chi connectivity index (χ2n) is 8.15. The Morgan fingerprint density at radius 1 is 1.21 bits per heavy atom. The maximum atomic E-state index is 12.9. The van der Waals surface area contributed by atoms with Gasteiger partial charge in [0.15, 0.2) is 5.76 Å². The van der Waals surface area contributed by atoms with E-state index < -0.39 is 6.29 Å². The quantitative estimate of drug-likeness (QED) is 0.652. The topological polar surface area (TPSA) is 67.8 Å². The highest BCUT2D eigenvalue weighted by Gasteiger charge is 2.40. The molecule has 5 heteroatoms. The van der Waals surface area contributed by atoms with E-state index in [0.29, 0.717) is 24.8 Å². The van der Waals surface area contributed by atoms with Crippen LogP contribution < -0.4 is 5.32 Å². The monoisotopic (exact) mass is 401 g/mol. The third-order valence-electron chi connectivity index (χ3n) is 6.17. The highest BCUT2D eigenvalue weighted by atomic mass is 16.7. The molecule has 2 N–H and O–H groups in total. The fraction of sp³-hybridized carbons (Fsp3) is 0.625. The Morgan fingerprint density at radius 3 is 2.66 bits per heavy atom. The average Bonchev–Trinajstić information content (AvgIpc) is 2.77. The number of carbonyl (C=O) groups excluding carboxylic acids is 1. The number of hydrogen-bond donors (Lipinski definition) is 2. The van der Waals surface area contributed by atoms with Crippen LogP contribution in [0.3, 0.4) is 0 Å². The molecule has 0 saturated heterocycles. The molecule has 1 aromatic carbocycles. The van der Waals surface area contributed by atoms with E-state index in [9.17, 15) is 9.90 Å². The molecule has 3 atom stereocenters. The molecule has 1 saturated carbocycles. The molecule has 0 radical (unpaired) electrons. The molecule has 3 rings (SSSR count). The molecule has 0 bridgehead atoms. The first-order valence-corrected chi connectivity index (χ1v) is 11.2. The van der Waals surface area contributed by atoms with Crippen molar-refractivity contribution in [2.75, 3.05) is 13.2 Å². The van der Waals surface area contributed by atoms with Gasteiger partial charge < -0.3 is 19.9 Å². The van der Waals surface area contributed by atoms with E-state index in [1.54, 1.807) is 0 Å². The van der Waals surface area contributed by atoms with Crippen molar-refractivity contribution >= 4 is 5.91 Å². The molecule has 1 amide bonds. The van der Waals surface area contributed by atoms with Gasteiger partial charge in [-0.15, -0.1) is 0 Å². The van der Waals surface area contributed by atoms with E-state index in [2.05, 4.69) is 5.32 Å². The lowest BCUT2D eigenvalue weighted by atomic mass is 9.71. The van der Waals surface area contributed by atoms with E-state index in [-0.39, 0.29) is 24.3 Å². The molecule has 1 aliphatic heterocycles. The van der Waals surface area contributed by atoms with Crippen molar-refractivity contribution < 1.29 is 19.4 Å². The standard InChI is InChI=1S/C24H35NO4/c1-2-28-24-20(14-9-15-26)21(19-12-7-4-8-13-19)16-22(29-24)23(27)25-17-18-10-5-3-6-11-18/h3,5-6,10-11,16,19-21,24,26H,2,4,7-9,12-15,17H2,1H3,(H,25,27)/t20-,21+,24+/m1/s1. The van der Waals surface area contributed by atoms with Gasteiger partial charge in [-0.05, 0) is 56.1 Å². The number of carbonyl (C=O) groups is 1. The molecule has 0 aromatic heterocycles. The van der Waals surface area contributed by atoms with E-state index in [4.69, 9.17) is 9.47 Å². The lowest BCUT2D eigenvalue weighted by molar-refractivity contribution is -0.177. The molecule has 1 fully saturated rings. The average molecular weight is 402 g/mol. The van der Waals surface area contributed by atoms with E-state index in [1.165, 1.54) is 32.1 Å². The van der Waals surface area contributed by atoms with Crippen molar-refractivity contribution in [2.45, 2.75) is 64.7 Å². The van der Waals surface area contributed by atoms with Crippen LogP contribution in [0.25, 0.3) is 0 Å². The van der Waals surface area contributed by atoms with Crippen LogP contribution in [0.5, 0.6) is 0 Å². The van der Waals surface area contributed by atoms with Gasteiger partial charge in [-0.3, -0.25) is 4.79 Å². The predicted octanol–water partition coefficient (Wildman–Crippen LogP) is 4.16. The van der Waals surface area contributed by atoms with E-state index in [0.717, 1.165) is 18.4 Å². The maximum Gasteiger partial charge on any atom is 0.286 e. The number of rotatable bonds is 9. The minimum absolute atomic E-state index is 0.168. The minimum Gasteiger partial charge on any atom is -0.459 e. The smallest absolute Gasteiger partial charge is 0.286 e. The van der Waals surface area contributed by atoms with Crippen molar-refractivity contribution in [3.05, 3.63) is 47.7 Å². The second kappa shape index (κ2) is 11.4. The summed E-state index contributed by atoms with van der Waals surface area (Å²) in [6, 6.07) is 9.89. The molecule has 29 heavy (non-hydrogen) atoms. The molecule has 160 valence electrons. The van der Waals surface area contributed by atoms with Crippen LogP contribution in [0.15, 0.2) is 42.2 Å². The van der Waals surface area contributed by atoms with E-state index >= 15 is 0 Å². The van der Waals surface area contributed by atoms with Crippen LogP contribution in [0.2, 0.25) is 0 Å². The number of aliphatic hydroxyl groups excluding tert-OH is 1. The Labute approximate surface area is 174 Å². The van der Waals surface area contributed by atoms with Gasteiger partial charge in [0.1, 0.15) is 0 Å². The number of amides is 1. The fourth-order valence-corrected chi connectivity index (χ4v) is 4.71. The van der Waals surface area contributed by atoms with Crippen molar-refractivity contribution in [3.8, 4) is 0 Å². The fourth-order valence-electron chi connectivity index (χ4n) is 4.71. The molecule has 1 aromatic rings. The van der Waals surface area contributed by atoms with Gasteiger partial charge >= 0.3 is 0 Å². The summed E-state index contributed by atoms with van der Waals surface area (Å²) >= 11 is 0. The number of benzene rings is 1. The summed E-state index contributed by atoms with van der Waals surface area (Å²) in [6.07, 6.45) is 9.36. The normalized spacial score (nSPS) is 25.2. The van der Waals surface area contributed by atoms with Crippen LogP contribution in [0.1, 0.15) is 57.4 Å². The molecule has 0 spiro atoms.